The summed E-state index contributed by atoms with van der Waals surface area (Å²) in [5.74, 6) is -0.979. The zero-order valence-corrected chi connectivity index (χ0v) is 12.0. The van der Waals surface area contributed by atoms with Crippen molar-refractivity contribution in [3.63, 3.8) is 0 Å². The molecular weight excluding hydrogens is 278 g/mol. The highest BCUT2D eigenvalue weighted by atomic mass is 32.1. The SMILES string of the molecule is CC1CN(C(=O)c2ccc(/C=C/C(=O)O)s2)CCC1O. The maximum absolute atomic E-state index is 12.3. The lowest BCUT2D eigenvalue weighted by molar-refractivity contribution is -0.131. The molecule has 0 aliphatic carbocycles. The fourth-order valence-corrected chi connectivity index (χ4v) is 3.06. The highest BCUT2D eigenvalue weighted by Gasteiger charge is 2.28. The van der Waals surface area contributed by atoms with Gasteiger partial charge in [0.15, 0.2) is 0 Å². The van der Waals surface area contributed by atoms with E-state index in [1.54, 1.807) is 17.0 Å². The summed E-state index contributed by atoms with van der Waals surface area (Å²) in [6.45, 7) is 3.04. The molecule has 2 N–H and O–H groups in total. The topological polar surface area (TPSA) is 77.8 Å². The number of amides is 1. The predicted octanol–water partition coefficient (Wildman–Crippen LogP) is 1.69. The number of aliphatic hydroxyl groups excluding tert-OH is 1. The molecule has 1 aliphatic heterocycles. The van der Waals surface area contributed by atoms with Gasteiger partial charge < -0.3 is 15.1 Å². The van der Waals surface area contributed by atoms with E-state index in [0.717, 1.165) is 11.0 Å². The smallest absolute Gasteiger partial charge is 0.328 e. The van der Waals surface area contributed by atoms with E-state index in [4.69, 9.17) is 5.11 Å². The average molecular weight is 295 g/mol. The van der Waals surface area contributed by atoms with Gasteiger partial charge in [0.2, 0.25) is 0 Å². The Labute approximate surface area is 121 Å². The number of rotatable bonds is 3. The molecule has 1 fully saturated rings. The maximum Gasteiger partial charge on any atom is 0.328 e. The molecule has 1 aromatic rings. The first kappa shape index (κ1) is 14.7. The third-order valence-corrected chi connectivity index (χ3v) is 4.41. The number of hydrogen-bond acceptors (Lipinski definition) is 4. The van der Waals surface area contributed by atoms with E-state index >= 15 is 0 Å². The van der Waals surface area contributed by atoms with Crippen LogP contribution in [0.4, 0.5) is 0 Å². The van der Waals surface area contributed by atoms with Crippen LogP contribution in [0, 0.1) is 5.92 Å². The number of hydrogen-bond donors (Lipinski definition) is 2. The number of piperidine rings is 1. The molecule has 0 saturated carbocycles. The Balaban J connectivity index is 2.04. The lowest BCUT2D eigenvalue weighted by atomic mass is 9.97. The van der Waals surface area contributed by atoms with Crippen LogP contribution in [0.5, 0.6) is 0 Å². The van der Waals surface area contributed by atoms with E-state index in [-0.39, 0.29) is 17.9 Å². The standard InChI is InChI=1S/C14H17NO4S/c1-9-8-15(7-6-11(9)16)14(19)12-4-2-10(20-12)3-5-13(17)18/h2-5,9,11,16H,6-8H2,1H3,(H,17,18)/b5-3+. The molecule has 1 amide bonds. The van der Waals surface area contributed by atoms with Gasteiger partial charge in [-0.15, -0.1) is 11.3 Å². The van der Waals surface area contributed by atoms with Crippen LogP contribution in [0.25, 0.3) is 6.08 Å². The third kappa shape index (κ3) is 3.46. The van der Waals surface area contributed by atoms with Crippen molar-refractivity contribution in [2.24, 2.45) is 5.92 Å². The molecule has 1 aliphatic rings. The lowest BCUT2D eigenvalue weighted by Crippen LogP contribution is -2.44. The van der Waals surface area contributed by atoms with E-state index in [9.17, 15) is 14.7 Å². The molecule has 2 atom stereocenters. The first-order chi connectivity index (χ1) is 9.47. The Hall–Kier alpha value is -1.66. The molecule has 2 heterocycles. The Morgan fingerprint density at radius 2 is 2.20 bits per heavy atom. The minimum absolute atomic E-state index is 0.0521. The summed E-state index contributed by atoms with van der Waals surface area (Å²) in [4.78, 5) is 25.8. The summed E-state index contributed by atoms with van der Waals surface area (Å²) in [5.41, 5.74) is 0. The molecule has 1 saturated heterocycles. The van der Waals surface area contributed by atoms with Gasteiger partial charge in [-0.2, -0.15) is 0 Å². The Bertz CT molecular complexity index is 537. The van der Waals surface area contributed by atoms with E-state index < -0.39 is 5.97 Å². The van der Waals surface area contributed by atoms with Gasteiger partial charge in [0.25, 0.3) is 5.91 Å². The molecule has 5 nitrogen and oxygen atoms in total. The quantitative estimate of drug-likeness (QED) is 0.832. The van der Waals surface area contributed by atoms with Gasteiger partial charge in [-0.05, 0) is 30.5 Å². The Morgan fingerprint density at radius 1 is 1.45 bits per heavy atom. The molecular formula is C14H17NO4S. The molecule has 108 valence electrons. The second-order valence-electron chi connectivity index (χ2n) is 4.96. The van der Waals surface area contributed by atoms with Crippen LogP contribution in [-0.4, -0.2) is 46.2 Å². The van der Waals surface area contributed by atoms with Gasteiger partial charge in [-0.25, -0.2) is 4.79 Å². The summed E-state index contributed by atoms with van der Waals surface area (Å²) in [5, 5.41) is 18.2. The van der Waals surface area contributed by atoms with E-state index in [1.807, 2.05) is 6.92 Å². The second-order valence-corrected chi connectivity index (χ2v) is 6.07. The Morgan fingerprint density at radius 3 is 2.85 bits per heavy atom. The van der Waals surface area contributed by atoms with Crippen molar-refractivity contribution in [1.82, 2.24) is 4.90 Å². The fourth-order valence-electron chi connectivity index (χ4n) is 2.18. The number of carboxylic acid groups (broad SMARTS) is 1. The molecule has 0 aromatic carbocycles. The van der Waals surface area contributed by atoms with Crippen LogP contribution in [0.3, 0.4) is 0 Å². The molecule has 6 heteroatoms. The minimum Gasteiger partial charge on any atom is -0.478 e. The average Bonchev–Trinajstić information content (AvgIpc) is 2.87. The van der Waals surface area contributed by atoms with Gasteiger partial charge in [0, 0.05) is 24.0 Å². The molecule has 0 bridgehead atoms. The van der Waals surface area contributed by atoms with Crippen LogP contribution >= 0.6 is 11.3 Å². The van der Waals surface area contributed by atoms with Crippen LogP contribution in [0.15, 0.2) is 18.2 Å². The summed E-state index contributed by atoms with van der Waals surface area (Å²) >= 11 is 1.27. The zero-order valence-electron chi connectivity index (χ0n) is 11.2. The van der Waals surface area contributed by atoms with Crippen molar-refractivity contribution in [3.05, 3.63) is 28.0 Å². The van der Waals surface area contributed by atoms with E-state index in [2.05, 4.69) is 0 Å². The molecule has 0 spiro atoms. The number of carbonyl (C=O) groups excluding carboxylic acids is 1. The number of aliphatic carboxylic acids is 1. The van der Waals surface area contributed by atoms with Gasteiger partial charge in [0.05, 0.1) is 11.0 Å². The van der Waals surface area contributed by atoms with E-state index in [0.29, 0.717) is 24.4 Å². The van der Waals surface area contributed by atoms with Crippen molar-refractivity contribution in [2.75, 3.05) is 13.1 Å². The number of carboxylic acids is 1. The first-order valence-electron chi connectivity index (χ1n) is 6.45. The van der Waals surface area contributed by atoms with Gasteiger partial charge >= 0.3 is 5.97 Å². The van der Waals surface area contributed by atoms with Crippen LogP contribution < -0.4 is 0 Å². The molecule has 1 aromatic heterocycles. The fraction of sp³-hybridized carbons (Fsp3) is 0.429. The van der Waals surface area contributed by atoms with Crippen molar-refractivity contribution >= 4 is 29.3 Å². The molecule has 20 heavy (non-hydrogen) atoms. The van der Waals surface area contributed by atoms with E-state index in [1.165, 1.54) is 17.4 Å². The van der Waals surface area contributed by atoms with Gasteiger partial charge in [-0.3, -0.25) is 4.79 Å². The molecule has 2 rings (SSSR count). The minimum atomic E-state index is -1.01. The molecule has 0 radical (unpaired) electrons. The first-order valence-corrected chi connectivity index (χ1v) is 7.27. The number of aliphatic hydroxyl groups is 1. The molecule has 2 unspecified atom stereocenters. The number of likely N-dealkylation sites (tertiary alicyclic amines) is 1. The number of carbonyl (C=O) groups is 2. The van der Waals surface area contributed by atoms with Crippen LogP contribution in [0.1, 0.15) is 27.9 Å². The van der Waals surface area contributed by atoms with Gasteiger partial charge in [0.1, 0.15) is 0 Å². The zero-order chi connectivity index (χ0) is 14.7. The lowest BCUT2D eigenvalue weighted by Gasteiger charge is -2.34. The number of thiophene rings is 1. The summed E-state index contributed by atoms with van der Waals surface area (Å²) in [6.07, 6.45) is 2.80. The van der Waals surface area contributed by atoms with Crippen LogP contribution in [0.2, 0.25) is 0 Å². The van der Waals surface area contributed by atoms with Crippen molar-refractivity contribution in [2.45, 2.75) is 19.4 Å². The monoisotopic (exact) mass is 295 g/mol. The summed E-state index contributed by atoms with van der Waals surface area (Å²) in [7, 11) is 0. The highest BCUT2D eigenvalue weighted by molar-refractivity contribution is 7.14. The maximum atomic E-state index is 12.3. The largest absolute Gasteiger partial charge is 0.478 e. The summed E-state index contributed by atoms with van der Waals surface area (Å²) < 4.78 is 0. The van der Waals surface area contributed by atoms with Crippen LogP contribution in [-0.2, 0) is 4.79 Å². The Kier molecular flexibility index (Phi) is 4.57. The second kappa shape index (κ2) is 6.19. The van der Waals surface area contributed by atoms with Crippen molar-refractivity contribution in [1.29, 1.82) is 0 Å². The third-order valence-electron chi connectivity index (χ3n) is 3.37. The summed E-state index contributed by atoms with van der Waals surface area (Å²) in [6, 6.07) is 3.45. The normalized spacial score (nSPS) is 23.2. The van der Waals surface area contributed by atoms with Gasteiger partial charge in [-0.1, -0.05) is 6.92 Å². The predicted molar refractivity (Wildman–Crippen MR) is 76.7 cm³/mol. The van der Waals surface area contributed by atoms with Crippen molar-refractivity contribution < 1.29 is 19.8 Å². The number of nitrogens with zero attached hydrogens (tertiary/aromatic N) is 1. The van der Waals surface area contributed by atoms with Crippen molar-refractivity contribution in [3.8, 4) is 0 Å². The highest BCUT2D eigenvalue weighted by Crippen LogP contribution is 2.23.